The molecule has 1 aliphatic carbocycles. The van der Waals surface area contributed by atoms with Crippen molar-refractivity contribution in [3.8, 4) is 5.75 Å². The highest BCUT2D eigenvalue weighted by Gasteiger charge is 2.50. The van der Waals surface area contributed by atoms with Gasteiger partial charge in [0.05, 0.1) is 6.61 Å². The van der Waals surface area contributed by atoms with Crippen LogP contribution < -0.4 is 10.5 Å². The summed E-state index contributed by atoms with van der Waals surface area (Å²) in [5.74, 6) is 0.543. The van der Waals surface area contributed by atoms with Gasteiger partial charge in [0, 0.05) is 0 Å². The Balaban J connectivity index is 2.00. The molecule has 98 valence electrons. The molecule has 0 amide bonds. The van der Waals surface area contributed by atoms with E-state index in [1.165, 1.54) is 0 Å². The highest BCUT2D eigenvalue weighted by molar-refractivity contribution is 5.81. The van der Waals surface area contributed by atoms with Gasteiger partial charge in [-0.15, -0.1) is 0 Å². The second-order valence-corrected chi connectivity index (χ2v) is 4.64. The highest BCUT2D eigenvalue weighted by atomic mass is 16.5. The third-order valence-electron chi connectivity index (χ3n) is 3.18. The van der Waals surface area contributed by atoms with Crippen LogP contribution in [0.25, 0.3) is 0 Å². The summed E-state index contributed by atoms with van der Waals surface area (Å²) >= 11 is 0. The van der Waals surface area contributed by atoms with Crippen LogP contribution >= 0.6 is 0 Å². The minimum absolute atomic E-state index is 0.167. The molecule has 0 spiro atoms. The molecule has 4 heteroatoms. The predicted octanol–water partition coefficient (Wildman–Crippen LogP) is 1.74. The molecular formula is C14H19NO3. The third-order valence-corrected chi connectivity index (χ3v) is 3.18. The Bertz CT molecular complexity index is 403. The molecule has 2 rings (SSSR count). The highest BCUT2D eigenvalue weighted by Crippen LogP contribution is 2.39. The molecule has 0 heterocycles. The Labute approximate surface area is 107 Å². The van der Waals surface area contributed by atoms with E-state index >= 15 is 0 Å². The average Bonchev–Trinajstić information content (AvgIpc) is 3.22. The molecule has 4 nitrogen and oxygen atoms in total. The number of carbonyl (C=O) groups excluding carboxylic acids is 1. The molecule has 1 aromatic carbocycles. The van der Waals surface area contributed by atoms with Crippen LogP contribution in [0, 0.1) is 5.92 Å². The number of ether oxygens (including phenoxy) is 2. The first-order valence-electron chi connectivity index (χ1n) is 6.30. The van der Waals surface area contributed by atoms with Gasteiger partial charge in [-0.25, -0.2) is 4.79 Å². The molecule has 0 aliphatic heterocycles. The van der Waals surface area contributed by atoms with Gasteiger partial charge < -0.3 is 15.2 Å². The number of hydrogen-bond acceptors (Lipinski definition) is 4. The molecule has 0 saturated heterocycles. The van der Waals surface area contributed by atoms with Crippen molar-refractivity contribution in [3.63, 3.8) is 0 Å². The van der Waals surface area contributed by atoms with Crippen LogP contribution in [-0.4, -0.2) is 24.7 Å². The Morgan fingerprint density at radius 2 is 2.06 bits per heavy atom. The molecule has 2 N–H and O–H groups in total. The van der Waals surface area contributed by atoms with Gasteiger partial charge in [0.1, 0.15) is 12.4 Å². The summed E-state index contributed by atoms with van der Waals surface area (Å²) in [6.07, 6.45) is 1.93. The molecule has 1 aliphatic rings. The summed E-state index contributed by atoms with van der Waals surface area (Å²) in [6.45, 7) is 2.29. The lowest BCUT2D eigenvalue weighted by molar-refractivity contribution is -0.151. The van der Waals surface area contributed by atoms with Crippen LogP contribution in [0.3, 0.4) is 0 Å². The normalized spacial score (nSPS) is 17.9. The molecule has 0 radical (unpaired) electrons. The van der Waals surface area contributed by atoms with Crippen molar-refractivity contribution < 1.29 is 14.3 Å². The number of esters is 1. The Morgan fingerprint density at radius 3 is 2.61 bits per heavy atom. The van der Waals surface area contributed by atoms with Crippen molar-refractivity contribution in [2.45, 2.75) is 25.3 Å². The molecule has 1 aromatic rings. The zero-order valence-corrected chi connectivity index (χ0v) is 10.6. The van der Waals surface area contributed by atoms with E-state index in [1.807, 2.05) is 30.3 Å². The lowest BCUT2D eigenvalue weighted by atomic mass is 9.96. The second-order valence-electron chi connectivity index (χ2n) is 4.64. The smallest absolute Gasteiger partial charge is 0.329 e. The molecular weight excluding hydrogens is 230 g/mol. The first kappa shape index (κ1) is 12.9. The topological polar surface area (TPSA) is 61.5 Å². The van der Waals surface area contributed by atoms with Crippen molar-refractivity contribution in [2.75, 3.05) is 13.2 Å². The monoisotopic (exact) mass is 249 g/mol. The number of carbonyl (C=O) groups is 1. The van der Waals surface area contributed by atoms with Gasteiger partial charge in [0.2, 0.25) is 0 Å². The van der Waals surface area contributed by atoms with Crippen molar-refractivity contribution in [1.82, 2.24) is 0 Å². The maximum absolute atomic E-state index is 11.9. The summed E-state index contributed by atoms with van der Waals surface area (Å²) in [5.41, 5.74) is 5.17. The third kappa shape index (κ3) is 2.82. The van der Waals surface area contributed by atoms with Crippen LogP contribution in [0.5, 0.6) is 5.75 Å². The Morgan fingerprint density at radius 1 is 1.39 bits per heavy atom. The summed E-state index contributed by atoms with van der Waals surface area (Å²) in [6, 6.07) is 9.37. The van der Waals surface area contributed by atoms with E-state index < -0.39 is 5.54 Å². The first-order valence-corrected chi connectivity index (χ1v) is 6.30. The van der Waals surface area contributed by atoms with E-state index in [1.54, 1.807) is 6.92 Å². The fourth-order valence-electron chi connectivity index (χ4n) is 1.93. The number of nitrogens with two attached hydrogens (primary N) is 1. The van der Waals surface area contributed by atoms with Gasteiger partial charge in [-0.05, 0) is 37.8 Å². The van der Waals surface area contributed by atoms with Gasteiger partial charge in [-0.3, -0.25) is 0 Å². The fraction of sp³-hybridized carbons (Fsp3) is 0.500. The number of benzene rings is 1. The zero-order valence-electron chi connectivity index (χ0n) is 10.6. The Hall–Kier alpha value is -1.55. The molecule has 1 unspecified atom stereocenters. The maximum Gasteiger partial charge on any atom is 0.329 e. The van der Waals surface area contributed by atoms with Gasteiger partial charge in [-0.2, -0.15) is 0 Å². The summed E-state index contributed by atoms with van der Waals surface area (Å²) in [4.78, 5) is 11.9. The summed E-state index contributed by atoms with van der Waals surface area (Å²) in [5, 5.41) is 0. The molecule has 0 bridgehead atoms. The summed E-state index contributed by atoms with van der Waals surface area (Å²) in [7, 11) is 0. The molecule has 1 atom stereocenters. The number of para-hydroxylation sites is 1. The van der Waals surface area contributed by atoms with Crippen molar-refractivity contribution in [2.24, 2.45) is 11.7 Å². The van der Waals surface area contributed by atoms with Gasteiger partial charge in [-0.1, -0.05) is 18.2 Å². The lowest BCUT2D eigenvalue weighted by Crippen LogP contribution is -2.55. The zero-order chi connectivity index (χ0) is 13.0. The molecule has 0 aromatic heterocycles. The van der Waals surface area contributed by atoms with Gasteiger partial charge >= 0.3 is 5.97 Å². The van der Waals surface area contributed by atoms with E-state index in [2.05, 4.69) is 0 Å². The number of rotatable bonds is 6. The first-order chi connectivity index (χ1) is 8.66. The summed E-state index contributed by atoms with van der Waals surface area (Å²) < 4.78 is 10.7. The second kappa shape index (κ2) is 5.40. The van der Waals surface area contributed by atoms with E-state index in [9.17, 15) is 4.79 Å². The molecule has 1 saturated carbocycles. The van der Waals surface area contributed by atoms with Crippen molar-refractivity contribution >= 4 is 5.97 Å². The van der Waals surface area contributed by atoms with Crippen LogP contribution in [-0.2, 0) is 9.53 Å². The van der Waals surface area contributed by atoms with E-state index in [4.69, 9.17) is 15.2 Å². The van der Waals surface area contributed by atoms with E-state index in [0.29, 0.717) is 6.61 Å². The predicted molar refractivity (Wildman–Crippen MR) is 68.2 cm³/mol. The SMILES string of the molecule is CCOC(=O)C(N)(COc1ccccc1)C1CC1. The Kier molecular flexibility index (Phi) is 3.87. The van der Waals surface area contributed by atoms with E-state index in [-0.39, 0.29) is 18.5 Å². The largest absolute Gasteiger partial charge is 0.491 e. The molecule has 1 fully saturated rings. The van der Waals surface area contributed by atoms with Crippen LogP contribution in [0.1, 0.15) is 19.8 Å². The molecule has 18 heavy (non-hydrogen) atoms. The van der Waals surface area contributed by atoms with Crippen molar-refractivity contribution in [1.29, 1.82) is 0 Å². The van der Waals surface area contributed by atoms with Crippen LogP contribution in [0.4, 0.5) is 0 Å². The fourth-order valence-corrected chi connectivity index (χ4v) is 1.93. The van der Waals surface area contributed by atoms with Gasteiger partial charge in [0.25, 0.3) is 0 Å². The van der Waals surface area contributed by atoms with E-state index in [0.717, 1.165) is 18.6 Å². The maximum atomic E-state index is 11.9. The lowest BCUT2D eigenvalue weighted by Gasteiger charge is -2.26. The standard InChI is InChI=1S/C14H19NO3/c1-2-17-13(16)14(15,11-8-9-11)10-18-12-6-4-3-5-7-12/h3-7,11H,2,8-10,15H2,1H3. The minimum atomic E-state index is -1.01. The average molecular weight is 249 g/mol. The van der Waals surface area contributed by atoms with Gasteiger partial charge in [0.15, 0.2) is 5.54 Å². The van der Waals surface area contributed by atoms with Crippen LogP contribution in [0.15, 0.2) is 30.3 Å². The van der Waals surface area contributed by atoms with Crippen molar-refractivity contribution in [3.05, 3.63) is 30.3 Å². The minimum Gasteiger partial charge on any atom is -0.491 e. The quantitative estimate of drug-likeness (QED) is 0.780. The van der Waals surface area contributed by atoms with Crippen LogP contribution in [0.2, 0.25) is 0 Å². The number of hydrogen-bond donors (Lipinski definition) is 1.